The first kappa shape index (κ1) is 17.2. The molecular formula is C18H17ClN2O4. The van der Waals surface area contributed by atoms with Gasteiger partial charge in [0, 0.05) is 24.1 Å². The van der Waals surface area contributed by atoms with Crippen molar-refractivity contribution < 1.29 is 19.2 Å². The van der Waals surface area contributed by atoms with Gasteiger partial charge in [-0.3, -0.25) is 9.78 Å². The highest BCUT2D eigenvalue weighted by atomic mass is 35.5. The van der Waals surface area contributed by atoms with Gasteiger partial charge in [-0.2, -0.15) is 0 Å². The molecule has 0 aliphatic carbocycles. The number of aryl methyl sites for hydroxylation is 2. The first-order chi connectivity index (χ1) is 11.9. The molecule has 3 rings (SSSR count). The van der Waals surface area contributed by atoms with Gasteiger partial charge >= 0.3 is 5.97 Å². The number of aliphatic carboxylic acids is 1. The van der Waals surface area contributed by atoms with Crippen molar-refractivity contribution in [1.82, 2.24) is 10.1 Å². The highest BCUT2D eigenvalue weighted by Crippen LogP contribution is 2.34. The Hall–Kier alpha value is -2.60. The van der Waals surface area contributed by atoms with Crippen LogP contribution in [0, 0.1) is 6.92 Å². The second kappa shape index (κ2) is 7.11. The predicted octanol–water partition coefficient (Wildman–Crippen LogP) is 4.34. The number of aromatic nitrogens is 2. The van der Waals surface area contributed by atoms with E-state index in [0.29, 0.717) is 27.4 Å². The summed E-state index contributed by atoms with van der Waals surface area (Å²) in [7, 11) is 0. The third-order valence-electron chi connectivity index (χ3n) is 3.83. The highest BCUT2D eigenvalue weighted by molar-refractivity contribution is 6.32. The molecule has 1 N–H and O–H groups in total. The number of hydrogen-bond acceptors (Lipinski definition) is 5. The predicted molar refractivity (Wildman–Crippen MR) is 93.0 cm³/mol. The van der Waals surface area contributed by atoms with E-state index in [2.05, 4.69) is 10.1 Å². The summed E-state index contributed by atoms with van der Waals surface area (Å²) in [5.41, 5.74) is 2.94. The SMILES string of the molecule is Cc1ccc(C(C)Oc2cc3onc(CCC(=O)O)c3cc2Cl)nc1. The van der Waals surface area contributed by atoms with Gasteiger partial charge in [0.1, 0.15) is 11.9 Å². The van der Waals surface area contributed by atoms with Gasteiger partial charge in [-0.1, -0.05) is 22.8 Å². The third kappa shape index (κ3) is 3.91. The zero-order valence-corrected chi connectivity index (χ0v) is 14.6. The van der Waals surface area contributed by atoms with Crippen LogP contribution in [0.3, 0.4) is 0 Å². The Bertz CT molecular complexity index is 905. The van der Waals surface area contributed by atoms with E-state index < -0.39 is 5.97 Å². The Balaban J connectivity index is 1.83. The molecule has 7 heteroatoms. The molecule has 130 valence electrons. The van der Waals surface area contributed by atoms with Crippen molar-refractivity contribution in [2.24, 2.45) is 0 Å². The summed E-state index contributed by atoms with van der Waals surface area (Å²) >= 11 is 6.32. The van der Waals surface area contributed by atoms with E-state index >= 15 is 0 Å². The zero-order valence-electron chi connectivity index (χ0n) is 13.8. The van der Waals surface area contributed by atoms with Crippen LogP contribution in [0.2, 0.25) is 5.02 Å². The maximum Gasteiger partial charge on any atom is 0.303 e. The standard InChI is InChI=1S/C18H17ClN2O4/c1-10-3-4-14(20-9-10)11(2)24-17-8-16-12(7-13(17)19)15(21-25-16)5-6-18(22)23/h3-4,7-9,11H,5-6H2,1-2H3,(H,22,23). The molecule has 0 fully saturated rings. The summed E-state index contributed by atoms with van der Waals surface area (Å²) < 4.78 is 11.2. The molecule has 3 aromatic rings. The molecule has 0 bridgehead atoms. The van der Waals surface area contributed by atoms with Gasteiger partial charge in [-0.05, 0) is 31.5 Å². The summed E-state index contributed by atoms with van der Waals surface area (Å²) in [6.45, 7) is 3.86. The average Bonchev–Trinajstić information content (AvgIpc) is 2.95. The smallest absolute Gasteiger partial charge is 0.303 e. The summed E-state index contributed by atoms with van der Waals surface area (Å²) in [5.74, 6) is -0.424. The van der Waals surface area contributed by atoms with E-state index in [1.165, 1.54) is 0 Å². The van der Waals surface area contributed by atoms with Gasteiger partial charge < -0.3 is 14.4 Å². The van der Waals surface area contributed by atoms with E-state index in [9.17, 15) is 4.79 Å². The van der Waals surface area contributed by atoms with Crippen LogP contribution < -0.4 is 4.74 Å². The average molecular weight is 361 g/mol. The minimum Gasteiger partial charge on any atom is -0.483 e. The maximum atomic E-state index is 10.7. The lowest BCUT2D eigenvalue weighted by atomic mass is 10.1. The Morgan fingerprint density at radius 2 is 2.20 bits per heavy atom. The number of ether oxygens (including phenoxy) is 1. The lowest BCUT2D eigenvalue weighted by Crippen LogP contribution is -2.05. The largest absolute Gasteiger partial charge is 0.483 e. The van der Waals surface area contributed by atoms with E-state index in [1.807, 2.05) is 26.0 Å². The molecule has 1 unspecified atom stereocenters. The van der Waals surface area contributed by atoms with Gasteiger partial charge in [0.15, 0.2) is 5.58 Å². The Labute approximate surface area is 149 Å². The molecule has 0 saturated heterocycles. The fourth-order valence-corrected chi connectivity index (χ4v) is 2.66. The van der Waals surface area contributed by atoms with Crippen molar-refractivity contribution >= 4 is 28.5 Å². The topological polar surface area (TPSA) is 85.5 Å². The molecule has 0 saturated carbocycles. The highest BCUT2D eigenvalue weighted by Gasteiger charge is 2.16. The quantitative estimate of drug-likeness (QED) is 0.703. The maximum absolute atomic E-state index is 10.7. The summed E-state index contributed by atoms with van der Waals surface area (Å²) in [4.78, 5) is 15.1. The lowest BCUT2D eigenvalue weighted by molar-refractivity contribution is -0.136. The van der Waals surface area contributed by atoms with Crippen LogP contribution in [0.25, 0.3) is 11.0 Å². The number of hydrogen-bond donors (Lipinski definition) is 1. The van der Waals surface area contributed by atoms with Crippen LogP contribution in [0.1, 0.15) is 36.4 Å². The number of carbonyl (C=O) groups is 1. The van der Waals surface area contributed by atoms with Crippen molar-refractivity contribution in [3.63, 3.8) is 0 Å². The van der Waals surface area contributed by atoms with Crippen LogP contribution in [-0.2, 0) is 11.2 Å². The fourth-order valence-electron chi connectivity index (χ4n) is 2.46. The molecule has 6 nitrogen and oxygen atoms in total. The van der Waals surface area contributed by atoms with Crippen molar-refractivity contribution in [3.8, 4) is 5.75 Å². The number of rotatable bonds is 6. The van der Waals surface area contributed by atoms with E-state index in [4.69, 9.17) is 26.0 Å². The van der Waals surface area contributed by atoms with Crippen molar-refractivity contribution in [1.29, 1.82) is 0 Å². The van der Waals surface area contributed by atoms with Gasteiger partial charge in [-0.25, -0.2) is 0 Å². The van der Waals surface area contributed by atoms with E-state index in [1.54, 1.807) is 18.3 Å². The first-order valence-electron chi connectivity index (χ1n) is 7.83. The van der Waals surface area contributed by atoms with E-state index in [0.717, 1.165) is 11.3 Å². The van der Waals surface area contributed by atoms with Gasteiger partial charge in [0.25, 0.3) is 0 Å². The molecule has 0 aliphatic heterocycles. The second-order valence-electron chi connectivity index (χ2n) is 5.82. The molecule has 2 heterocycles. The number of nitrogens with zero attached hydrogens (tertiary/aromatic N) is 2. The van der Waals surface area contributed by atoms with E-state index in [-0.39, 0.29) is 18.9 Å². The van der Waals surface area contributed by atoms with Crippen LogP contribution >= 0.6 is 11.6 Å². The van der Waals surface area contributed by atoms with Crippen LogP contribution in [-0.4, -0.2) is 21.2 Å². The molecule has 0 amide bonds. The molecule has 1 atom stereocenters. The fraction of sp³-hybridized carbons (Fsp3) is 0.278. The van der Waals surface area contributed by atoms with Crippen molar-refractivity contribution in [3.05, 3.63) is 52.4 Å². The number of carboxylic acid groups (broad SMARTS) is 1. The van der Waals surface area contributed by atoms with Crippen LogP contribution in [0.15, 0.2) is 35.0 Å². The number of pyridine rings is 1. The van der Waals surface area contributed by atoms with Crippen molar-refractivity contribution in [2.75, 3.05) is 0 Å². The number of carboxylic acids is 1. The van der Waals surface area contributed by atoms with Gasteiger partial charge in [0.2, 0.25) is 0 Å². The van der Waals surface area contributed by atoms with Crippen molar-refractivity contribution in [2.45, 2.75) is 32.8 Å². The van der Waals surface area contributed by atoms with Crippen LogP contribution in [0.4, 0.5) is 0 Å². The Morgan fingerprint density at radius 1 is 1.40 bits per heavy atom. The number of fused-ring (bicyclic) bond motifs is 1. The molecule has 2 aromatic heterocycles. The lowest BCUT2D eigenvalue weighted by Gasteiger charge is -2.15. The molecule has 0 spiro atoms. The second-order valence-corrected chi connectivity index (χ2v) is 6.23. The molecular weight excluding hydrogens is 344 g/mol. The van der Waals surface area contributed by atoms with Gasteiger partial charge in [0.05, 0.1) is 22.8 Å². The first-order valence-corrected chi connectivity index (χ1v) is 8.20. The Morgan fingerprint density at radius 3 is 2.88 bits per heavy atom. The Kier molecular flexibility index (Phi) is 4.90. The van der Waals surface area contributed by atoms with Gasteiger partial charge in [-0.15, -0.1) is 0 Å². The summed E-state index contributed by atoms with van der Waals surface area (Å²) in [6.07, 6.45) is 1.76. The minimum atomic E-state index is -0.887. The molecule has 0 aliphatic rings. The summed E-state index contributed by atoms with van der Waals surface area (Å²) in [5, 5.41) is 13.8. The third-order valence-corrected chi connectivity index (χ3v) is 4.12. The molecule has 1 aromatic carbocycles. The van der Waals surface area contributed by atoms with Crippen LogP contribution in [0.5, 0.6) is 5.75 Å². The molecule has 25 heavy (non-hydrogen) atoms. The minimum absolute atomic E-state index is 0.0202. The number of benzene rings is 1. The summed E-state index contributed by atoms with van der Waals surface area (Å²) in [6, 6.07) is 7.23. The number of halogens is 1. The zero-order chi connectivity index (χ0) is 18.0. The monoisotopic (exact) mass is 360 g/mol. The molecule has 0 radical (unpaired) electrons. The normalized spacial score (nSPS) is 12.3.